The van der Waals surface area contributed by atoms with Crippen LogP contribution in [-0.2, 0) is 6.54 Å². The fourth-order valence-electron chi connectivity index (χ4n) is 4.07. The van der Waals surface area contributed by atoms with Crippen LogP contribution < -0.4 is 10.2 Å². The minimum absolute atomic E-state index is 0.0477. The Kier molecular flexibility index (Phi) is 5.73. The van der Waals surface area contributed by atoms with E-state index in [-0.39, 0.29) is 5.91 Å². The molecule has 0 bridgehead atoms. The van der Waals surface area contributed by atoms with E-state index in [0.717, 1.165) is 25.3 Å². The molecule has 0 aliphatic carbocycles. The molecule has 1 amide bonds. The van der Waals surface area contributed by atoms with Crippen molar-refractivity contribution in [3.05, 3.63) is 59.7 Å². The zero-order chi connectivity index (χ0) is 18.5. The van der Waals surface area contributed by atoms with Gasteiger partial charge in [-0.2, -0.15) is 0 Å². The second-order valence-electron chi connectivity index (χ2n) is 7.73. The van der Waals surface area contributed by atoms with Crippen molar-refractivity contribution < 1.29 is 4.79 Å². The Morgan fingerprint density at radius 1 is 0.778 bits per heavy atom. The van der Waals surface area contributed by atoms with Crippen molar-refractivity contribution in [1.29, 1.82) is 0 Å². The first-order valence-corrected chi connectivity index (χ1v) is 10.3. The smallest absolute Gasteiger partial charge is 0.255 e. The van der Waals surface area contributed by atoms with E-state index in [1.165, 1.54) is 56.4 Å². The van der Waals surface area contributed by atoms with Crippen molar-refractivity contribution >= 4 is 17.3 Å². The molecule has 2 heterocycles. The summed E-state index contributed by atoms with van der Waals surface area (Å²) in [6.45, 7) is 5.64. The van der Waals surface area contributed by atoms with Crippen LogP contribution in [0, 0.1) is 0 Å². The molecule has 2 saturated heterocycles. The van der Waals surface area contributed by atoms with Crippen LogP contribution >= 0.6 is 0 Å². The Bertz CT molecular complexity index is 742. The van der Waals surface area contributed by atoms with Crippen molar-refractivity contribution in [1.82, 2.24) is 4.90 Å². The third-order valence-corrected chi connectivity index (χ3v) is 5.67. The Morgan fingerprint density at radius 2 is 1.41 bits per heavy atom. The first kappa shape index (κ1) is 18.1. The lowest BCUT2D eigenvalue weighted by molar-refractivity contribution is 0.102. The van der Waals surface area contributed by atoms with Crippen molar-refractivity contribution in [2.45, 2.75) is 38.6 Å². The summed E-state index contributed by atoms with van der Waals surface area (Å²) in [4.78, 5) is 17.4. The number of piperidine rings is 1. The third-order valence-electron chi connectivity index (χ3n) is 5.67. The van der Waals surface area contributed by atoms with Crippen molar-refractivity contribution in [2.24, 2.45) is 0 Å². The molecule has 0 saturated carbocycles. The fraction of sp³-hybridized carbons (Fsp3) is 0.435. The molecule has 0 radical (unpaired) electrons. The van der Waals surface area contributed by atoms with Crippen LogP contribution in [0.2, 0.25) is 0 Å². The van der Waals surface area contributed by atoms with Crippen LogP contribution in [0.15, 0.2) is 48.5 Å². The molecular weight excluding hydrogens is 334 g/mol. The average Bonchev–Trinajstić information content (AvgIpc) is 3.25. The molecule has 0 atom stereocenters. The number of hydrogen-bond donors (Lipinski definition) is 1. The van der Waals surface area contributed by atoms with Crippen LogP contribution in [-0.4, -0.2) is 37.0 Å². The van der Waals surface area contributed by atoms with Gasteiger partial charge in [0.15, 0.2) is 0 Å². The predicted molar refractivity (Wildman–Crippen MR) is 111 cm³/mol. The van der Waals surface area contributed by atoms with Gasteiger partial charge in [-0.1, -0.05) is 18.6 Å². The largest absolute Gasteiger partial charge is 0.372 e. The number of carbonyl (C=O) groups excluding carboxylic acids is 1. The van der Waals surface area contributed by atoms with Crippen molar-refractivity contribution in [3.63, 3.8) is 0 Å². The summed E-state index contributed by atoms with van der Waals surface area (Å²) in [5.74, 6) is -0.0477. The molecule has 2 fully saturated rings. The Labute approximate surface area is 162 Å². The standard InChI is InChI=1S/C23H29N3O/c27-23(24-21-10-12-22(13-11-21)26-16-4-5-17-26)20-8-6-19(7-9-20)18-25-14-2-1-3-15-25/h6-13H,1-5,14-18H2,(H,24,27). The molecule has 0 spiro atoms. The van der Waals surface area contributed by atoms with E-state index < -0.39 is 0 Å². The maximum absolute atomic E-state index is 12.5. The highest BCUT2D eigenvalue weighted by Crippen LogP contribution is 2.22. The number of anilines is 2. The van der Waals surface area contributed by atoms with Gasteiger partial charge in [-0.15, -0.1) is 0 Å². The van der Waals surface area contributed by atoms with E-state index >= 15 is 0 Å². The molecule has 142 valence electrons. The Balaban J connectivity index is 1.33. The zero-order valence-electron chi connectivity index (χ0n) is 16.0. The highest BCUT2D eigenvalue weighted by Gasteiger charge is 2.13. The predicted octanol–water partition coefficient (Wildman–Crippen LogP) is 4.53. The van der Waals surface area contributed by atoms with Gasteiger partial charge in [0.05, 0.1) is 0 Å². The summed E-state index contributed by atoms with van der Waals surface area (Å²) >= 11 is 0. The summed E-state index contributed by atoms with van der Waals surface area (Å²) in [6.07, 6.45) is 6.50. The first-order chi connectivity index (χ1) is 13.3. The van der Waals surface area contributed by atoms with Crippen molar-refractivity contribution in [3.8, 4) is 0 Å². The quantitative estimate of drug-likeness (QED) is 0.848. The minimum atomic E-state index is -0.0477. The number of hydrogen-bond acceptors (Lipinski definition) is 3. The highest BCUT2D eigenvalue weighted by atomic mass is 16.1. The highest BCUT2D eigenvalue weighted by molar-refractivity contribution is 6.04. The molecule has 0 unspecified atom stereocenters. The fourth-order valence-corrected chi connectivity index (χ4v) is 4.07. The van der Waals surface area contributed by atoms with E-state index in [0.29, 0.717) is 5.56 Å². The molecule has 2 aromatic carbocycles. The zero-order valence-corrected chi connectivity index (χ0v) is 16.0. The van der Waals surface area contributed by atoms with Gasteiger partial charge in [0, 0.05) is 36.6 Å². The molecule has 4 heteroatoms. The summed E-state index contributed by atoms with van der Waals surface area (Å²) in [7, 11) is 0. The molecule has 27 heavy (non-hydrogen) atoms. The van der Waals surface area contributed by atoms with E-state index in [4.69, 9.17) is 0 Å². The van der Waals surface area contributed by atoms with Gasteiger partial charge in [0.25, 0.3) is 5.91 Å². The number of nitrogens with one attached hydrogen (secondary N) is 1. The molecule has 1 N–H and O–H groups in total. The number of likely N-dealkylation sites (tertiary alicyclic amines) is 1. The molecule has 2 aromatic rings. The first-order valence-electron chi connectivity index (χ1n) is 10.3. The van der Waals surface area contributed by atoms with Crippen LogP contribution in [0.25, 0.3) is 0 Å². The van der Waals surface area contributed by atoms with Crippen LogP contribution in [0.1, 0.15) is 48.0 Å². The lowest BCUT2D eigenvalue weighted by Crippen LogP contribution is -2.29. The normalized spacial score (nSPS) is 17.9. The summed E-state index contributed by atoms with van der Waals surface area (Å²) in [6, 6.07) is 16.2. The molecule has 2 aliphatic rings. The van der Waals surface area contributed by atoms with E-state index in [9.17, 15) is 4.79 Å². The van der Waals surface area contributed by atoms with Gasteiger partial charge in [-0.05, 0) is 80.7 Å². The van der Waals surface area contributed by atoms with E-state index in [2.05, 4.69) is 39.4 Å². The lowest BCUT2D eigenvalue weighted by Gasteiger charge is -2.26. The average molecular weight is 364 g/mol. The second kappa shape index (κ2) is 8.57. The lowest BCUT2D eigenvalue weighted by atomic mass is 10.1. The second-order valence-corrected chi connectivity index (χ2v) is 7.73. The van der Waals surface area contributed by atoms with Crippen LogP contribution in [0.3, 0.4) is 0 Å². The van der Waals surface area contributed by atoms with Gasteiger partial charge in [-0.3, -0.25) is 9.69 Å². The maximum atomic E-state index is 12.5. The molecule has 4 nitrogen and oxygen atoms in total. The van der Waals surface area contributed by atoms with Crippen LogP contribution in [0.5, 0.6) is 0 Å². The third kappa shape index (κ3) is 4.69. The van der Waals surface area contributed by atoms with Gasteiger partial charge < -0.3 is 10.2 Å². The summed E-state index contributed by atoms with van der Waals surface area (Å²) < 4.78 is 0. The van der Waals surface area contributed by atoms with Gasteiger partial charge in [0.1, 0.15) is 0 Å². The number of amides is 1. The molecule has 2 aliphatic heterocycles. The van der Waals surface area contributed by atoms with Crippen LogP contribution in [0.4, 0.5) is 11.4 Å². The van der Waals surface area contributed by atoms with Gasteiger partial charge >= 0.3 is 0 Å². The SMILES string of the molecule is O=C(Nc1ccc(N2CCCC2)cc1)c1ccc(CN2CCCCC2)cc1. The topological polar surface area (TPSA) is 35.6 Å². The summed E-state index contributed by atoms with van der Waals surface area (Å²) in [5.41, 5.74) is 4.08. The number of benzene rings is 2. The molecule has 0 aromatic heterocycles. The molecule has 4 rings (SSSR count). The van der Waals surface area contributed by atoms with Crippen molar-refractivity contribution in [2.75, 3.05) is 36.4 Å². The number of rotatable bonds is 5. The number of nitrogens with zero attached hydrogens (tertiary/aromatic N) is 2. The monoisotopic (exact) mass is 363 g/mol. The maximum Gasteiger partial charge on any atom is 0.255 e. The number of carbonyl (C=O) groups is 1. The minimum Gasteiger partial charge on any atom is -0.372 e. The van der Waals surface area contributed by atoms with Gasteiger partial charge in [-0.25, -0.2) is 0 Å². The Morgan fingerprint density at radius 3 is 2.07 bits per heavy atom. The van der Waals surface area contributed by atoms with E-state index in [1.807, 2.05) is 24.3 Å². The van der Waals surface area contributed by atoms with E-state index in [1.54, 1.807) is 0 Å². The summed E-state index contributed by atoms with van der Waals surface area (Å²) in [5, 5.41) is 3.01. The molecular formula is C23H29N3O. The Hall–Kier alpha value is -2.33. The van der Waals surface area contributed by atoms with Gasteiger partial charge in [0.2, 0.25) is 0 Å².